The molecule has 2 aromatic carbocycles. The summed E-state index contributed by atoms with van der Waals surface area (Å²) in [6, 6.07) is 15.3. The third-order valence-corrected chi connectivity index (χ3v) is 4.03. The first-order valence-electron chi connectivity index (χ1n) is 8.50. The van der Waals surface area contributed by atoms with Gasteiger partial charge in [0.1, 0.15) is 18.0 Å². The maximum Gasteiger partial charge on any atom is 0.247 e. The first-order valence-corrected chi connectivity index (χ1v) is 8.50. The second kappa shape index (κ2) is 8.14. The van der Waals surface area contributed by atoms with Crippen molar-refractivity contribution in [1.82, 2.24) is 9.97 Å². The molecule has 3 rings (SSSR count). The Morgan fingerprint density at radius 2 is 1.56 bits per heavy atom. The Morgan fingerprint density at radius 1 is 0.889 bits per heavy atom. The molecule has 6 nitrogen and oxygen atoms in total. The van der Waals surface area contributed by atoms with Crippen LogP contribution in [0.2, 0.25) is 0 Å². The molecule has 0 atom stereocenters. The minimum absolute atomic E-state index is 0.255. The average Bonchev–Trinajstić information content (AvgIpc) is 2.65. The fourth-order valence-corrected chi connectivity index (χ4v) is 2.48. The summed E-state index contributed by atoms with van der Waals surface area (Å²) in [7, 11) is 0. The number of hydrogen-bond acceptors (Lipinski definition) is 5. The predicted octanol–water partition coefficient (Wildman–Crippen LogP) is 4.71. The van der Waals surface area contributed by atoms with Crippen LogP contribution in [-0.2, 0) is 4.79 Å². The van der Waals surface area contributed by atoms with Gasteiger partial charge in [0.15, 0.2) is 0 Å². The van der Waals surface area contributed by atoms with Crippen LogP contribution >= 0.6 is 0 Å². The molecule has 136 valence electrons. The molecule has 0 saturated carbocycles. The number of rotatable bonds is 6. The fourth-order valence-electron chi connectivity index (χ4n) is 2.48. The van der Waals surface area contributed by atoms with Crippen LogP contribution in [-0.4, -0.2) is 15.9 Å². The lowest BCUT2D eigenvalue weighted by Crippen LogP contribution is -2.07. The molecule has 3 N–H and O–H groups in total. The quantitative estimate of drug-likeness (QED) is 0.556. The van der Waals surface area contributed by atoms with E-state index in [2.05, 4.69) is 58.5 Å². The Morgan fingerprint density at radius 3 is 2.22 bits per heavy atom. The molecule has 0 bridgehead atoms. The Labute approximate surface area is 158 Å². The van der Waals surface area contributed by atoms with Crippen LogP contribution in [0.4, 0.5) is 28.7 Å². The topological polar surface area (TPSA) is 78.9 Å². The van der Waals surface area contributed by atoms with E-state index >= 15 is 0 Å². The van der Waals surface area contributed by atoms with Crippen molar-refractivity contribution in [3.8, 4) is 0 Å². The van der Waals surface area contributed by atoms with Crippen LogP contribution in [0.15, 0.2) is 67.5 Å². The number of benzene rings is 2. The van der Waals surface area contributed by atoms with E-state index < -0.39 is 0 Å². The van der Waals surface area contributed by atoms with E-state index in [1.807, 2.05) is 30.3 Å². The smallest absolute Gasteiger partial charge is 0.247 e. The summed E-state index contributed by atoms with van der Waals surface area (Å²) in [6.45, 7) is 7.61. The van der Waals surface area contributed by atoms with Gasteiger partial charge in [-0.1, -0.05) is 18.7 Å². The lowest BCUT2D eigenvalue weighted by atomic mass is 10.1. The number of anilines is 5. The summed E-state index contributed by atoms with van der Waals surface area (Å²) in [6.07, 6.45) is 2.73. The predicted molar refractivity (Wildman–Crippen MR) is 110 cm³/mol. The van der Waals surface area contributed by atoms with Crippen molar-refractivity contribution in [2.24, 2.45) is 0 Å². The average molecular weight is 359 g/mol. The van der Waals surface area contributed by atoms with Crippen molar-refractivity contribution in [1.29, 1.82) is 0 Å². The number of carbonyl (C=O) groups excluding carboxylic acids is 1. The normalized spacial score (nSPS) is 10.1. The summed E-state index contributed by atoms with van der Waals surface area (Å²) in [5.74, 6) is 1.07. The molecule has 1 aromatic heterocycles. The lowest BCUT2D eigenvalue weighted by molar-refractivity contribution is -0.111. The van der Waals surface area contributed by atoms with E-state index in [1.165, 1.54) is 23.5 Å². The van der Waals surface area contributed by atoms with Gasteiger partial charge in [0, 0.05) is 23.1 Å². The third-order valence-electron chi connectivity index (χ3n) is 4.03. The van der Waals surface area contributed by atoms with Gasteiger partial charge in [-0.3, -0.25) is 4.79 Å². The highest BCUT2D eigenvalue weighted by molar-refractivity contribution is 5.99. The molecule has 0 saturated heterocycles. The summed E-state index contributed by atoms with van der Waals surface area (Å²) in [5, 5.41) is 9.23. The first kappa shape index (κ1) is 18.1. The second-order valence-corrected chi connectivity index (χ2v) is 6.11. The minimum Gasteiger partial charge on any atom is -0.340 e. The summed E-state index contributed by atoms with van der Waals surface area (Å²) >= 11 is 0. The van der Waals surface area contributed by atoms with E-state index in [0.29, 0.717) is 17.3 Å². The van der Waals surface area contributed by atoms with Crippen molar-refractivity contribution in [3.05, 3.63) is 78.6 Å². The zero-order valence-corrected chi connectivity index (χ0v) is 15.3. The molecule has 0 spiro atoms. The first-order chi connectivity index (χ1) is 13.0. The van der Waals surface area contributed by atoms with Gasteiger partial charge in [0.2, 0.25) is 5.91 Å². The minimum atomic E-state index is -0.255. The van der Waals surface area contributed by atoms with Crippen molar-refractivity contribution in [2.75, 3.05) is 16.0 Å². The molecule has 3 aromatic rings. The molecule has 27 heavy (non-hydrogen) atoms. The SMILES string of the molecule is C=CC(=O)Nc1cccc(Nc2cc(Nc3ccc(C)c(C)c3)ncn2)c1. The Hall–Kier alpha value is -3.67. The molecule has 0 aliphatic heterocycles. The van der Waals surface area contributed by atoms with Gasteiger partial charge in [0.25, 0.3) is 0 Å². The van der Waals surface area contributed by atoms with E-state index in [-0.39, 0.29) is 5.91 Å². The molecular formula is C21H21N5O. The van der Waals surface area contributed by atoms with E-state index in [4.69, 9.17) is 0 Å². The zero-order chi connectivity index (χ0) is 19.2. The van der Waals surface area contributed by atoms with Gasteiger partial charge in [-0.15, -0.1) is 0 Å². The molecule has 0 radical (unpaired) electrons. The monoisotopic (exact) mass is 359 g/mol. The summed E-state index contributed by atoms with van der Waals surface area (Å²) in [5.41, 5.74) is 4.90. The van der Waals surface area contributed by atoms with Gasteiger partial charge in [0.05, 0.1) is 0 Å². The standard InChI is InChI=1S/C21H21N5O/c1-4-21(27)26-17-7-5-6-16(11-17)24-19-12-20(23-13-22-19)25-18-9-8-14(2)15(3)10-18/h4-13H,1H2,2-3H3,(H,26,27)(H2,22,23,24,25). The van der Waals surface area contributed by atoms with Gasteiger partial charge in [-0.25, -0.2) is 9.97 Å². The van der Waals surface area contributed by atoms with Gasteiger partial charge >= 0.3 is 0 Å². The highest BCUT2D eigenvalue weighted by atomic mass is 16.1. The van der Waals surface area contributed by atoms with Crippen molar-refractivity contribution >= 4 is 34.6 Å². The molecule has 0 aliphatic carbocycles. The van der Waals surface area contributed by atoms with E-state index in [1.54, 1.807) is 6.07 Å². The molecule has 0 fully saturated rings. The molecule has 1 heterocycles. The zero-order valence-electron chi connectivity index (χ0n) is 15.3. The van der Waals surface area contributed by atoms with Crippen molar-refractivity contribution < 1.29 is 4.79 Å². The van der Waals surface area contributed by atoms with E-state index in [0.717, 1.165) is 11.4 Å². The molecule has 0 aliphatic rings. The number of nitrogens with one attached hydrogen (secondary N) is 3. The molecular weight excluding hydrogens is 338 g/mol. The van der Waals surface area contributed by atoms with Gasteiger partial charge < -0.3 is 16.0 Å². The van der Waals surface area contributed by atoms with Gasteiger partial charge in [-0.2, -0.15) is 0 Å². The largest absolute Gasteiger partial charge is 0.340 e. The number of hydrogen-bond donors (Lipinski definition) is 3. The van der Waals surface area contributed by atoms with Crippen LogP contribution in [0, 0.1) is 13.8 Å². The highest BCUT2D eigenvalue weighted by Crippen LogP contribution is 2.22. The number of aryl methyl sites for hydroxylation is 2. The van der Waals surface area contributed by atoms with Crippen LogP contribution in [0.3, 0.4) is 0 Å². The molecule has 0 unspecified atom stereocenters. The van der Waals surface area contributed by atoms with Crippen LogP contribution in [0.5, 0.6) is 0 Å². The number of carbonyl (C=O) groups is 1. The maximum atomic E-state index is 11.4. The maximum absolute atomic E-state index is 11.4. The van der Waals surface area contributed by atoms with Crippen LogP contribution in [0.25, 0.3) is 0 Å². The third kappa shape index (κ3) is 4.92. The molecule has 1 amide bonds. The van der Waals surface area contributed by atoms with Crippen molar-refractivity contribution in [3.63, 3.8) is 0 Å². The Bertz CT molecular complexity index is 984. The van der Waals surface area contributed by atoms with E-state index in [9.17, 15) is 4.79 Å². The van der Waals surface area contributed by atoms with Crippen LogP contribution in [0.1, 0.15) is 11.1 Å². The number of nitrogens with zero attached hydrogens (tertiary/aromatic N) is 2. The lowest BCUT2D eigenvalue weighted by Gasteiger charge is -2.11. The Balaban J connectivity index is 1.74. The fraction of sp³-hybridized carbons (Fsp3) is 0.0952. The summed E-state index contributed by atoms with van der Waals surface area (Å²) in [4.78, 5) is 20.0. The van der Waals surface area contributed by atoms with Gasteiger partial charge in [-0.05, 0) is 61.4 Å². The molecule has 6 heteroatoms. The Kier molecular flexibility index (Phi) is 5.47. The summed E-state index contributed by atoms with van der Waals surface area (Å²) < 4.78 is 0. The number of amides is 1. The second-order valence-electron chi connectivity index (χ2n) is 6.11. The van der Waals surface area contributed by atoms with Crippen LogP contribution < -0.4 is 16.0 Å². The van der Waals surface area contributed by atoms with Crippen molar-refractivity contribution in [2.45, 2.75) is 13.8 Å². The number of aromatic nitrogens is 2. The highest BCUT2D eigenvalue weighted by Gasteiger charge is 2.03.